The van der Waals surface area contributed by atoms with Crippen LogP contribution in [0.4, 0.5) is 13.2 Å². The second kappa shape index (κ2) is 6.23. The van der Waals surface area contributed by atoms with Crippen molar-refractivity contribution < 1.29 is 17.9 Å². The standard InChI is InChI=1S/C11H10F3IN2OS/c12-6-3-9-8(4-7(6)15)16-11(19)17(9)1-2-18-5-10(13)14/h3-4,10H,1-2,5H2,(H,16,19). The van der Waals surface area contributed by atoms with E-state index in [9.17, 15) is 13.2 Å². The number of halogens is 4. The van der Waals surface area contributed by atoms with Crippen LogP contribution < -0.4 is 0 Å². The van der Waals surface area contributed by atoms with Gasteiger partial charge in [0, 0.05) is 12.6 Å². The number of aromatic amines is 1. The van der Waals surface area contributed by atoms with Gasteiger partial charge in [0.05, 0.1) is 21.2 Å². The Hall–Kier alpha value is -0.610. The summed E-state index contributed by atoms with van der Waals surface area (Å²) < 4.78 is 44.7. The fraction of sp³-hybridized carbons (Fsp3) is 0.364. The lowest BCUT2D eigenvalue weighted by Crippen LogP contribution is -2.10. The number of H-pyrrole nitrogens is 1. The molecule has 0 radical (unpaired) electrons. The molecule has 0 atom stereocenters. The van der Waals surface area contributed by atoms with Crippen molar-refractivity contribution in [2.45, 2.75) is 13.0 Å². The third-order valence-electron chi connectivity index (χ3n) is 2.52. The van der Waals surface area contributed by atoms with Gasteiger partial charge in [-0.15, -0.1) is 0 Å². The molecule has 0 unspecified atom stereocenters. The van der Waals surface area contributed by atoms with Gasteiger partial charge in [-0.3, -0.25) is 0 Å². The van der Waals surface area contributed by atoms with Crippen LogP contribution in [-0.4, -0.2) is 29.2 Å². The van der Waals surface area contributed by atoms with E-state index < -0.39 is 13.0 Å². The summed E-state index contributed by atoms with van der Waals surface area (Å²) in [4.78, 5) is 2.95. The van der Waals surface area contributed by atoms with Crippen LogP contribution in [0, 0.1) is 14.2 Å². The predicted octanol–water partition coefficient (Wildman–Crippen LogP) is 3.72. The molecular formula is C11H10F3IN2OS. The first kappa shape index (κ1) is 14.8. The molecule has 1 heterocycles. The molecule has 8 heteroatoms. The van der Waals surface area contributed by atoms with E-state index in [-0.39, 0.29) is 12.4 Å². The lowest BCUT2D eigenvalue weighted by molar-refractivity contribution is 0.0149. The van der Waals surface area contributed by atoms with Gasteiger partial charge in [-0.2, -0.15) is 0 Å². The summed E-state index contributed by atoms with van der Waals surface area (Å²) in [6, 6.07) is 3.02. The molecule has 0 saturated carbocycles. The molecule has 0 saturated heterocycles. The van der Waals surface area contributed by atoms with Crippen molar-refractivity contribution >= 4 is 45.8 Å². The zero-order chi connectivity index (χ0) is 14.0. The normalized spacial score (nSPS) is 11.6. The van der Waals surface area contributed by atoms with Crippen molar-refractivity contribution in [3.8, 4) is 0 Å². The number of nitrogens with one attached hydrogen (secondary N) is 1. The van der Waals surface area contributed by atoms with Crippen LogP contribution in [0.2, 0.25) is 0 Å². The molecule has 0 aliphatic heterocycles. The van der Waals surface area contributed by atoms with Gasteiger partial charge >= 0.3 is 0 Å². The third kappa shape index (κ3) is 3.48. The molecule has 0 spiro atoms. The van der Waals surface area contributed by atoms with Gasteiger partial charge in [0.15, 0.2) is 4.77 Å². The summed E-state index contributed by atoms with van der Waals surface area (Å²) >= 11 is 7.01. The molecule has 104 valence electrons. The average molecular weight is 402 g/mol. The van der Waals surface area contributed by atoms with Gasteiger partial charge in [-0.25, -0.2) is 13.2 Å². The summed E-state index contributed by atoms with van der Waals surface area (Å²) in [7, 11) is 0. The first-order valence-electron chi connectivity index (χ1n) is 5.42. The molecule has 19 heavy (non-hydrogen) atoms. The number of rotatable bonds is 5. The topological polar surface area (TPSA) is 29.9 Å². The molecule has 1 aromatic carbocycles. The minimum Gasteiger partial charge on any atom is -0.374 e. The molecule has 1 aromatic heterocycles. The highest BCUT2D eigenvalue weighted by Crippen LogP contribution is 2.20. The molecule has 0 bridgehead atoms. The third-order valence-corrected chi connectivity index (χ3v) is 3.67. The molecule has 3 nitrogen and oxygen atoms in total. The van der Waals surface area contributed by atoms with Gasteiger partial charge in [0.25, 0.3) is 6.43 Å². The molecule has 0 aliphatic rings. The molecule has 0 fully saturated rings. The molecule has 2 aromatic rings. The Kier molecular flexibility index (Phi) is 4.85. The second-order valence-corrected chi connectivity index (χ2v) is 5.38. The van der Waals surface area contributed by atoms with Gasteiger partial charge in [-0.05, 0) is 40.9 Å². The highest BCUT2D eigenvalue weighted by atomic mass is 127. The summed E-state index contributed by atoms with van der Waals surface area (Å²) in [6.45, 7) is -0.216. The Labute approximate surface area is 125 Å². The summed E-state index contributed by atoms with van der Waals surface area (Å²) in [5.74, 6) is -0.343. The lowest BCUT2D eigenvalue weighted by atomic mass is 10.3. The van der Waals surface area contributed by atoms with Crippen LogP contribution in [0.15, 0.2) is 12.1 Å². The van der Waals surface area contributed by atoms with Gasteiger partial charge in [-0.1, -0.05) is 0 Å². The van der Waals surface area contributed by atoms with E-state index in [0.29, 0.717) is 25.9 Å². The maximum absolute atomic E-state index is 13.5. The van der Waals surface area contributed by atoms with Gasteiger partial charge in [0.1, 0.15) is 12.4 Å². The van der Waals surface area contributed by atoms with E-state index in [1.165, 1.54) is 6.07 Å². The van der Waals surface area contributed by atoms with Crippen LogP contribution in [0.3, 0.4) is 0 Å². The number of hydrogen-bond donors (Lipinski definition) is 1. The second-order valence-electron chi connectivity index (χ2n) is 3.83. The minimum atomic E-state index is -2.49. The Balaban J connectivity index is 2.20. The number of benzene rings is 1. The summed E-state index contributed by atoms with van der Waals surface area (Å²) in [5, 5.41) is 0. The minimum absolute atomic E-state index is 0.0964. The van der Waals surface area contributed by atoms with Crippen molar-refractivity contribution in [1.29, 1.82) is 0 Å². The summed E-state index contributed by atoms with van der Waals surface area (Å²) in [6.07, 6.45) is -2.49. The number of hydrogen-bond acceptors (Lipinski definition) is 2. The van der Waals surface area contributed by atoms with Crippen LogP contribution in [0.5, 0.6) is 0 Å². The van der Waals surface area contributed by atoms with E-state index in [0.717, 1.165) is 0 Å². The number of ether oxygens (including phenoxy) is 1. The van der Waals surface area contributed by atoms with E-state index in [4.69, 9.17) is 17.0 Å². The van der Waals surface area contributed by atoms with Gasteiger partial charge < -0.3 is 14.3 Å². The molecule has 2 rings (SSSR count). The zero-order valence-electron chi connectivity index (χ0n) is 9.63. The predicted molar refractivity (Wildman–Crippen MR) is 76.6 cm³/mol. The van der Waals surface area contributed by atoms with Crippen molar-refractivity contribution in [2.75, 3.05) is 13.2 Å². The largest absolute Gasteiger partial charge is 0.374 e. The Morgan fingerprint density at radius 2 is 2.16 bits per heavy atom. The smallest absolute Gasteiger partial charge is 0.261 e. The molecule has 0 amide bonds. The molecule has 0 aliphatic carbocycles. The van der Waals surface area contributed by atoms with Crippen LogP contribution >= 0.6 is 34.8 Å². The van der Waals surface area contributed by atoms with Crippen LogP contribution in [-0.2, 0) is 11.3 Å². The first-order valence-corrected chi connectivity index (χ1v) is 6.91. The van der Waals surface area contributed by atoms with Crippen molar-refractivity contribution in [1.82, 2.24) is 9.55 Å². The monoisotopic (exact) mass is 402 g/mol. The van der Waals surface area contributed by atoms with Gasteiger partial charge in [0.2, 0.25) is 0 Å². The highest BCUT2D eigenvalue weighted by molar-refractivity contribution is 14.1. The average Bonchev–Trinajstić information content (AvgIpc) is 2.61. The molecular weight excluding hydrogens is 392 g/mol. The maximum atomic E-state index is 13.5. The fourth-order valence-corrected chi connectivity index (χ4v) is 2.47. The Morgan fingerprint density at radius 3 is 2.84 bits per heavy atom. The van der Waals surface area contributed by atoms with Crippen LogP contribution in [0.25, 0.3) is 11.0 Å². The SMILES string of the molecule is Fc1cc2c(cc1I)[nH]c(=S)n2CCOCC(F)F. The van der Waals surface area contributed by atoms with E-state index in [1.54, 1.807) is 10.6 Å². The zero-order valence-corrected chi connectivity index (χ0v) is 12.6. The Morgan fingerprint density at radius 1 is 1.42 bits per heavy atom. The number of alkyl halides is 2. The number of imidazole rings is 1. The van der Waals surface area contributed by atoms with E-state index in [2.05, 4.69) is 4.98 Å². The first-order chi connectivity index (χ1) is 8.99. The maximum Gasteiger partial charge on any atom is 0.261 e. The van der Waals surface area contributed by atoms with Crippen molar-refractivity contribution in [2.24, 2.45) is 0 Å². The van der Waals surface area contributed by atoms with Crippen molar-refractivity contribution in [3.63, 3.8) is 0 Å². The summed E-state index contributed by atoms with van der Waals surface area (Å²) in [5.41, 5.74) is 1.31. The Bertz CT molecular complexity index is 641. The van der Waals surface area contributed by atoms with E-state index in [1.807, 2.05) is 22.6 Å². The fourth-order valence-electron chi connectivity index (χ4n) is 1.70. The molecule has 1 N–H and O–H groups in total. The van der Waals surface area contributed by atoms with E-state index >= 15 is 0 Å². The highest BCUT2D eigenvalue weighted by Gasteiger charge is 2.09. The quantitative estimate of drug-likeness (QED) is 0.470. The number of nitrogens with zero attached hydrogens (tertiary/aromatic N) is 1. The number of aromatic nitrogens is 2. The number of fused-ring (bicyclic) bond motifs is 1. The lowest BCUT2D eigenvalue weighted by Gasteiger charge is -2.06. The van der Waals surface area contributed by atoms with Crippen molar-refractivity contribution in [3.05, 3.63) is 26.3 Å². The van der Waals surface area contributed by atoms with Crippen LogP contribution in [0.1, 0.15) is 0 Å².